The third kappa shape index (κ3) is 6.18. The molecule has 0 amide bonds. The minimum absolute atomic E-state index is 0.219. The molecule has 0 saturated carbocycles. The molecular formula is C14H14ClN3O4S. The number of thioether (sulfide) groups is 1. The van der Waals surface area contributed by atoms with Crippen LogP contribution in [-0.2, 0) is 25.6 Å². The third-order valence-electron chi connectivity index (χ3n) is 2.54. The van der Waals surface area contributed by atoms with Crippen molar-refractivity contribution in [3.8, 4) is 6.07 Å². The van der Waals surface area contributed by atoms with E-state index in [2.05, 4.69) is 15.0 Å². The fourth-order valence-electron chi connectivity index (χ4n) is 1.40. The van der Waals surface area contributed by atoms with E-state index in [0.717, 1.165) is 5.56 Å². The van der Waals surface area contributed by atoms with Crippen LogP contribution in [0.1, 0.15) is 5.56 Å². The van der Waals surface area contributed by atoms with Crippen LogP contribution in [0, 0.1) is 11.3 Å². The summed E-state index contributed by atoms with van der Waals surface area (Å²) in [7, 11) is 1.17. The van der Waals surface area contributed by atoms with Crippen molar-refractivity contribution in [2.45, 2.75) is 6.54 Å². The van der Waals surface area contributed by atoms with Crippen LogP contribution in [0.2, 0.25) is 5.15 Å². The highest BCUT2D eigenvalue weighted by atomic mass is 35.5. The largest absolute Gasteiger partial charge is 0.466 e. The Balaban J connectivity index is 2.78. The molecule has 0 spiro atoms. The van der Waals surface area contributed by atoms with Crippen molar-refractivity contribution in [3.63, 3.8) is 0 Å². The molecule has 9 heteroatoms. The van der Waals surface area contributed by atoms with E-state index in [-0.39, 0.29) is 5.57 Å². The van der Waals surface area contributed by atoms with E-state index in [9.17, 15) is 9.59 Å². The number of methoxy groups -OCH3 is 1. The number of ether oxygens (including phenoxy) is 2. The molecule has 0 saturated heterocycles. The van der Waals surface area contributed by atoms with Crippen molar-refractivity contribution < 1.29 is 19.1 Å². The lowest BCUT2D eigenvalue weighted by Crippen LogP contribution is -2.20. The molecule has 0 aromatic carbocycles. The lowest BCUT2D eigenvalue weighted by molar-refractivity contribution is -0.154. The molecule has 0 atom stereocenters. The average molecular weight is 356 g/mol. The van der Waals surface area contributed by atoms with Crippen LogP contribution in [-0.4, -0.2) is 36.9 Å². The zero-order chi connectivity index (χ0) is 17.2. The van der Waals surface area contributed by atoms with Gasteiger partial charge in [0.15, 0.2) is 12.2 Å². The number of carbonyl (C=O) groups excluding carboxylic acids is 2. The number of hydrogen-bond acceptors (Lipinski definition) is 8. The molecule has 0 aliphatic carbocycles. The lowest BCUT2D eigenvalue weighted by atomic mass is 10.3. The summed E-state index contributed by atoms with van der Waals surface area (Å²) in [6.45, 7) is -0.209. The van der Waals surface area contributed by atoms with Gasteiger partial charge in [-0.1, -0.05) is 17.7 Å². The number of rotatable bonds is 7. The highest BCUT2D eigenvalue weighted by Crippen LogP contribution is 2.16. The minimum atomic E-state index is -0.899. The Morgan fingerprint density at radius 3 is 2.74 bits per heavy atom. The van der Waals surface area contributed by atoms with Crippen LogP contribution >= 0.6 is 23.4 Å². The molecule has 1 rings (SSSR count). The summed E-state index contributed by atoms with van der Waals surface area (Å²) in [6.07, 6.45) is 3.28. The molecule has 7 nitrogen and oxygen atoms in total. The molecular weight excluding hydrogens is 342 g/mol. The highest BCUT2D eigenvalue weighted by Gasteiger charge is 2.18. The van der Waals surface area contributed by atoms with Crippen LogP contribution in [0.3, 0.4) is 0 Å². The van der Waals surface area contributed by atoms with Crippen LogP contribution in [0.5, 0.6) is 0 Å². The van der Waals surface area contributed by atoms with Gasteiger partial charge in [0.25, 0.3) is 0 Å². The summed E-state index contributed by atoms with van der Waals surface area (Å²) in [5.74, 6) is -1.61. The Bertz CT molecular complexity index is 640. The number of nitriles is 1. The van der Waals surface area contributed by atoms with Crippen molar-refractivity contribution >= 4 is 35.3 Å². The highest BCUT2D eigenvalue weighted by molar-refractivity contribution is 8.02. The quantitative estimate of drug-likeness (QED) is 0.341. The maximum atomic E-state index is 11.9. The van der Waals surface area contributed by atoms with E-state index >= 15 is 0 Å². The zero-order valence-electron chi connectivity index (χ0n) is 12.5. The predicted molar refractivity (Wildman–Crippen MR) is 85.2 cm³/mol. The topological polar surface area (TPSA) is 101 Å². The first kappa shape index (κ1) is 18.8. The molecule has 0 bridgehead atoms. The third-order valence-corrected chi connectivity index (χ3v) is 3.52. The average Bonchev–Trinajstić information content (AvgIpc) is 2.57. The summed E-state index contributed by atoms with van der Waals surface area (Å²) in [5, 5.41) is 12.8. The van der Waals surface area contributed by atoms with Crippen LogP contribution < -0.4 is 5.32 Å². The van der Waals surface area contributed by atoms with E-state index in [1.165, 1.54) is 18.9 Å². The first-order chi connectivity index (χ1) is 11.0. The summed E-state index contributed by atoms with van der Waals surface area (Å²) >= 11 is 6.88. The van der Waals surface area contributed by atoms with Gasteiger partial charge in [-0.15, -0.1) is 11.8 Å². The molecule has 0 radical (unpaired) electrons. The Labute approximate surface area is 142 Å². The smallest absolute Gasteiger partial charge is 0.352 e. The molecule has 0 fully saturated rings. The number of esters is 2. The van der Waals surface area contributed by atoms with E-state index in [1.807, 2.05) is 0 Å². The van der Waals surface area contributed by atoms with Gasteiger partial charge in [-0.3, -0.25) is 0 Å². The van der Waals surface area contributed by atoms with Gasteiger partial charge in [-0.05, 0) is 17.9 Å². The van der Waals surface area contributed by atoms with Gasteiger partial charge in [0.1, 0.15) is 11.2 Å². The number of nitrogens with zero attached hydrogens (tertiary/aromatic N) is 2. The maximum absolute atomic E-state index is 11.9. The first-order valence-corrected chi connectivity index (χ1v) is 7.88. The summed E-state index contributed by atoms with van der Waals surface area (Å²) in [5.41, 5.74) is 0.601. The molecule has 1 aromatic rings. The summed E-state index contributed by atoms with van der Waals surface area (Å²) in [4.78, 5) is 26.8. The van der Waals surface area contributed by atoms with Gasteiger partial charge in [-0.2, -0.15) is 5.26 Å². The van der Waals surface area contributed by atoms with Gasteiger partial charge in [0, 0.05) is 12.7 Å². The van der Waals surface area contributed by atoms with Gasteiger partial charge in [-0.25, -0.2) is 14.6 Å². The molecule has 1 N–H and O–H groups in total. The Morgan fingerprint density at radius 2 is 2.22 bits per heavy atom. The van der Waals surface area contributed by atoms with Crippen molar-refractivity contribution in [3.05, 3.63) is 39.6 Å². The monoisotopic (exact) mass is 355 g/mol. The zero-order valence-corrected chi connectivity index (χ0v) is 14.0. The molecule has 122 valence electrons. The number of hydrogen-bond donors (Lipinski definition) is 1. The maximum Gasteiger partial charge on any atom is 0.352 e. The molecule has 23 heavy (non-hydrogen) atoms. The van der Waals surface area contributed by atoms with Crippen molar-refractivity contribution in [2.75, 3.05) is 20.0 Å². The molecule has 1 aromatic heterocycles. The Hall–Kier alpha value is -2.24. The molecule has 0 unspecified atom stereocenters. The second kappa shape index (κ2) is 9.71. The van der Waals surface area contributed by atoms with Gasteiger partial charge >= 0.3 is 11.9 Å². The Morgan fingerprint density at radius 1 is 1.48 bits per heavy atom. The van der Waals surface area contributed by atoms with Crippen LogP contribution in [0.4, 0.5) is 0 Å². The van der Waals surface area contributed by atoms with Crippen molar-refractivity contribution in [1.82, 2.24) is 10.3 Å². The van der Waals surface area contributed by atoms with Crippen LogP contribution in [0.25, 0.3) is 0 Å². The standard InChI is InChI=1S/C14H14ClN3O4S/c1-21-12(19)8-22-14(20)10(5-16)13(23-2)18-7-9-3-4-11(15)17-6-9/h3-4,6,18H,7-8H2,1-2H3/b13-10-. The molecule has 0 aliphatic rings. The number of halogens is 1. The van der Waals surface area contributed by atoms with Gasteiger partial charge in [0.05, 0.1) is 12.1 Å². The van der Waals surface area contributed by atoms with E-state index < -0.39 is 18.5 Å². The Kier molecular flexibility index (Phi) is 7.94. The van der Waals surface area contributed by atoms with E-state index in [4.69, 9.17) is 21.6 Å². The second-order valence-electron chi connectivity index (χ2n) is 4.02. The number of nitrogens with one attached hydrogen (secondary N) is 1. The van der Waals surface area contributed by atoms with Crippen molar-refractivity contribution in [2.24, 2.45) is 0 Å². The summed E-state index contributed by atoms with van der Waals surface area (Å²) < 4.78 is 9.08. The fraction of sp³-hybridized carbons (Fsp3) is 0.286. The number of carbonyl (C=O) groups is 2. The SMILES string of the molecule is COC(=O)COC(=O)/C(C#N)=C(/NCc1ccc(Cl)nc1)SC. The van der Waals surface area contributed by atoms with E-state index in [1.54, 1.807) is 30.7 Å². The second-order valence-corrected chi connectivity index (χ2v) is 5.22. The minimum Gasteiger partial charge on any atom is -0.466 e. The molecule has 1 heterocycles. The normalized spacial score (nSPS) is 11.0. The summed E-state index contributed by atoms with van der Waals surface area (Å²) in [6, 6.07) is 5.17. The predicted octanol–water partition coefficient (Wildman–Crippen LogP) is 1.64. The number of pyridine rings is 1. The van der Waals surface area contributed by atoms with Crippen molar-refractivity contribution in [1.29, 1.82) is 5.26 Å². The fourth-order valence-corrected chi connectivity index (χ4v) is 2.06. The van der Waals surface area contributed by atoms with Gasteiger partial charge < -0.3 is 14.8 Å². The number of aromatic nitrogens is 1. The van der Waals surface area contributed by atoms with Gasteiger partial charge in [0.2, 0.25) is 0 Å². The van der Waals surface area contributed by atoms with E-state index in [0.29, 0.717) is 16.7 Å². The first-order valence-electron chi connectivity index (χ1n) is 6.28. The lowest BCUT2D eigenvalue weighted by Gasteiger charge is -2.11. The van der Waals surface area contributed by atoms with Crippen LogP contribution in [0.15, 0.2) is 28.9 Å². The molecule has 0 aliphatic heterocycles.